The van der Waals surface area contributed by atoms with Gasteiger partial charge in [-0.3, -0.25) is 4.79 Å². The number of nitrogens with two attached hydrogens (primary N) is 1. The Morgan fingerprint density at radius 1 is 1.21 bits per heavy atom. The van der Waals surface area contributed by atoms with Crippen molar-refractivity contribution in [3.63, 3.8) is 0 Å². The molecule has 3 aliphatic rings. The fraction of sp³-hybridized carbons (Fsp3) is 0.562. The Kier molecular flexibility index (Phi) is 2.46. The van der Waals surface area contributed by atoms with Crippen LogP contribution in [0.2, 0.25) is 0 Å². The molecule has 1 aromatic rings. The number of fused-ring (bicyclic) bond motifs is 3. The summed E-state index contributed by atoms with van der Waals surface area (Å²) in [4.78, 5) is 14.8. The number of hydrogen-bond donors (Lipinski definition) is 1. The van der Waals surface area contributed by atoms with Crippen LogP contribution in [0.1, 0.15) is 24.8 Å². The molecule has 1 aliphatic heterocycles. The van der Waals surface area contributed by atoms with Gasteiger partial charge in [-0.1, -0.05) is 18.2 Å². The van der Waals surface area contributed by atoms with Crippen molar-refractivity contribution < 1.29 is 4.79 Å². The summed E-state index contributed by atoms with van der Waals surface area (Å²) in [7, 11) is 0. The molecule has 1 amide bonds. The lowest BCUT2D eigenvalue weighted by Gasteiger charge is -2.31. The molecule has 2 saturated carbocycles. The van der Waals surface area contributed by atoms with Crippen LogP contribution >= 0.6 is 0 Å². The fourth-order valence-corrected chi connectivity index (χ4v) is 4.45. The first-order valence-electron chi connectivity index (χ1n) is 7.40. The highest BCUT2D eigenvalue weighted by Crippen LogP contribution is 2.48. The van der Waals surface area contributed by atoms with Crippen LogP contribution in [-0.2, 0) is 11.2 Å². The van der Waals surface area contributed by atoms with E-state index in [0.717, 1.165) is 18.7 Å². The van der Waals surface area contributed by atoms with Gasteiger partial charge in [0.1, 0.15) is 0 Å². The van der Waals surface area contributed by atoms with Gasteiger partial charge in [-0.05, 0) is 49.1 Å². The number of carbonyl (C=O) groups is 1. The van der Waals surface area contributed by atoms with E-state index < -0.39 is 0 Å². The number of amides is 1. The third-order valence-electron chi connectivity index (χ3n) is 5.42. The summed E-state index contributed by atoms with van der Waals surface area (Å²) >= 11 is 0. The smallest absolute Gasteiger partial charge is 0.231 e. The first kappa shape index (κ1) is 11.5. The molecule has 1 heterocycles. The van der Waals surface area contributed by atoms with Crippen molar-refractivity contribution in [3.05, 3.63) is 29.8 Å². The first-order chi connectivity index (χ1) is 9.25. The fourth-order valence-electron chi connectivity index (χ4n) is 4.45. The molecule has 2 bridgehead atoms. The maximum absolute atomic E-state index is 12.9. The summed E-state index contributed by atoms with van der Waals surface area (Å²) in [5, 5.41) is 0. The van der Waals surface area contributed by atoms with Gasteiger partial charge in [0, 0.05) is 18.3 Å². The molecule has 3 heteroatoms. The number of rotatable bonds is 1. The number of nitrogens with zero attached hydrogens (tertiary/aromatic N) is 1. The Bertz CT molecular complexity index is 525. The summed E-state index contributed by atoms with van der Waals surface area (Å²) in [6.07, 6.45) is 4.58. The summed E-state index contributed by atoms with van der Waals surface area (Å²) < 4.78 is 0. The molecule has 0 saturated heterocycles. The number of para-hydroxylation sites is 1. The zero-order valence-corrected chi connectivity index (χ0v) is 11.1. The van der Waals surface area contributed by atoms with Crippen LogP contribution in [0.15, 0.2) is 24.3 Å². The lowest BCUT2D eigenvalue weighted by atomic mass is 9.84. The molecule has 4 atom stereocenters. The number of hydrogen-bond acceptors (Lipinski definition) is 2. The van der Waals surface area contributed by atoms with Gasteiger partial charge in [-0.2, -0.15) is 0 Å². The summed E-state index contributed by atoms with van der Waals surface area (Å²) in [5.74, 6) is 1.49. The molecule has 0 radical (unpaired) electrons. The molecule has 0 aromatic heterocycles. The van der Waals surface area contributed by atoms with Crippen molar-refractivity contribution in [2.75, 3.05) is 11.4 Å². The second-order valence-electron chi connectivity index (χ2n) is 6.30. The van der Waals surface area contributed by atoms with Crippen LogP contribution in [0.3, 0.4) is 0 Å². The van der Waals surface area contributed by atoms with Crippen molar-refractivity contribution in [2.24, 2.45) is 23.5 Å². The van der Waals surface area contributed by atoms with Gasteiger partial charge in [-0.15, -0.1) is 0 Å². The van der Waals surface area contributed by atoms with Crippen molar-refractivity contribution in [2.45, 2.75) is 31.7 Å². The van der Waals surface area contributed by atoms with Crippen LogP contribution in [0.25, 0.3) is 0 Å². The van der Waals surface area contributed by atoms with Crippen molar-refractivity contribution in [3.8, 4) is 0 Å². The SMILES string of the molecule is NC1C2CCC(C2)C1C(=O)N1CCc2ccccc21. The van der Waals surface area contributed by atoms with E-state index in [1.807, 2.05) is 11.0 Å². The van der Waals surface area contributed by atoms with Crippen LogP contribution < -0.4 is 10.6 Å². The second-order valence-corrected chi connectivity index (χ2v) is 6.30. The van der Waals surface area contributed by atoms with Crippen LogP contribution in [-0.4, -0.2) is 18.5 Å². The minimum Gasteiger partial charge on any atom is -0.327 e. The molecule has 2 N–H and O–H groups in total. The van der Waals surface area contributed by atoms with Gasteiger partial charge in [0.25, 0.3) is 0 Å². The summed E-state index contributed by atoms with van der Waals surface area (Å²) in [6, 6.07) is 8.36. The molecule has 4 unspecified atom stereocenters. The predicted molar refractivity (Wildman–Crippen MR) is 74.8 cm³/mol. The number of carbonyl (C=O) groups excluding carboxylic acids is 1. The maximum Gasteiger partial charge on any atom is 0.231 e. The molecule has 2 fully saturated rings. The highest BCUT2D eigenvalue weighted by atomic mass is 16.2. The zero-order valence-electron chi connectivity index (χ0n) is 11.1. The number of benzene rings is 1. The Labute approximate surface area is 113 Å². The van der Waals surface area contributed by atoms with E-state index in [9.17, 15) is 4.79 Å². The molecule has 4 rings (SSSR count). The highest BCUT2D eigenvalue weighted by molar-refractivity contribution is 5.97. The molecule has 2 aliphatic carbocycles. The van der Waals surface area contributed by atoms with E-state index in [1.54, 1.807) is 0 Å². The van der Waals surface area contributed by atoms with E-state index in [0.29, 0.717) is 11.8 Å². The molecular weight excluding hydrogens is 236 g/mol. The average molecular weight is 256 g/mol. The predicted octanol–water partition coefficient (Wildman–Crippen LogP) is 1.95. The van der Waals surface area contributed by atoms with Gasteiger partial charge in [0.15, 0.2) is 0 Å². The maximum atomic E-state index is 12.9. The van der Waals surface area contributed by atoms with E-state index in [1.165, 1.54) is 24.8 Å². The van der Waals surface area contributed by atoms with Crippen molar-refractivity contribution >= 4 is 11.6 Å². The standard InChI is InChI=1S/C16H20N2O/c17-15-12-6-5-11(9-12)14(15)16(19)18-8-7-10-3-1-2-4-13(10)18/h1-4,11-12,14-15H,5-9,17H2. The number of anilines is 1. The van der Waals surface area contributed by atoms with Crippen LogP contribution in [0.5, 0.6) is 0 Å². The van der Waals surface area contributed by atoms with E-state index in [-0.39, 0.29) is 17.9 Å². The van der Waals surface area contributed by atoms with Gasteiger partial charge in [-0.25, -0.2) is 0 Å². The van der Waals surface area contributed by atoms with Gasteiger partial charge >= 0.3 is 0 Å². The molecule has 100 valence electrons. The lowest BCUT2D eigenvalue weighted by molar-refractivity contribution is -0.124. The Morgan fingerprint density at radius 2 is 2.00 bits per heavy atom. The summed E-state index contributed by atoms with van der Waals surface area (Å²) in [6.45, 7) is 0.832. The molecule has 19 heavy (non-hydrogen) atoms. The van der Waals surface area contributed by atoms with Gasteiger partial charge < -0.3 is 10.6 Å². The van der Waals surface area contributed by atoms with Crippen LogP contribution in [0, 0.1) is 17.8 Å². The van der Waals surface area contributed by atoms with E-state index in [2.05, 4.69) is 18.2 Å². The topological polar surface area (TPSA) is 46.3 Å². The molecule has 0 spiro atoms. The van der Waals surface area contributed by atoms with E-state index >= 15 is 0 Å². The van der Waals surface area contributed by atoms with Crippen molar-refractivity contribution in [1.29, 1.82) is 0 Å². The Hall–Kier alpha value is -1.35. The Balaban J connectivity index is 1.62. The monoisotopic (exact) mass is 256 g/mol. The molecule has 3 nitrogen and oxygen atoms in total. The van der Waals surface area contributed by atoms with Gasteiger partial charge in [0.05, 0.1) is 5.92 Å². The quantitative estimate of drug-likeness (QED) is 0.834. The van der Waals surface area contributed by atoms with E-state index in [4.69, 9.17) is 5.73 Å². The minimum atomic E-state index is 0.0740. The summed E-state index contributed by atoms with van der Waals surface area (Å²) in [5.41, 5.74) is 8.72. The second kappa shape index (κ2) is 4.07. The van der Waals surface area contributed by atoms with Gasteiger partial charge in [0.2, 0.25) is 5.91 Å². The minimum absolute atomic E-state index is 0.0740. The largest absolute Gasteiger partial charge is 0.327 e. The molecular formula is C16H20N2O. The first-order valence-corrected chi connectivity index (χ1v) is 7.40. The average Bonchev–Trinajstić information content (AvgIpc) is 3.11. The highest BCUT2D eigenvalue weighted by Gasteiger charge is 2.50. The zero-order chi connectivity index (χ0) is 13.0. The van der Waals surface area contributed by atoms with Crippen LogP contribution in [0.4, 0.5) is 5.69 Å². The third-order valence-corrected chi connectivity index (χ3v) is 5.42. The lowest BCUT2D eigenvalue weighted by Crippen LogP contribution is -2.46. The molecule has 1 aromatic carbocycles. The van der Waals surface area contributed by atoms with Crippen molar-refractivity contribution in [1.82, 2.24) is 0 Å². The normalized spacial score (nSPS) is 35.7. The Morgan fingerprint density at radius 3 is 2.79 bits per heavy atom. The third kappa shape index (κ3) is 1.57.